The van der Waals surface area contributed by atoms with Crippen LogP contribution < -0.4 is 11.1 Å². The highest BCUT2D eigenvalue weighted by molar-refractivity contribution is 5.85. The quantitative estimate of drug-likeness (QED) is 0.866. The maximum Gasteiger partial charge on any atom is 0.226 e. The first-order valence-electron chi connectivity index (χ1n) is 7.83. The van der Waals surface area contributed by atoms with E-state index in [1.54, 1.807) is 12.3 Å². The molecule has 3 rings (SSSR count). The second-order valence-corrected chi connectivity index (χ2v) is 6.40. The Morgan fingerprint density at radius 1 is 1.30 bits per heavy atom. The van der Waals surface area contributed by atoms with E-state index in [1.165, 1.54) is 19.3 Å². The van der Waals surface area contributed by atoms with Gasteiger partial charge in [-0.15, -0.1) is 24.8 Å². The van der Waals surface area contributed by atoms with Crippen molar-refractivity contribution in [3.8, 4) is 0 Å². The monoisotopic (exact) mass is 360 g/mol. The molecule has 23 heavy (non-hydrogen) atoms. The Hall–Kier alpha value is -1.04. The summed E-state index contributed by atoms with van der Waals surface area (Å²) in [5.41, 5.74) is 7.00. The Balaban J connectivity index is 0.00000132. The van der Waals surface area contributed by atoms with Crippen LogP contribution in [0.1, 0.15) is 37.8 Å². The van der Waals surface area contributed by atoms with Crippen molar-refractivity contribution in [2.24, 2.45) is 0 Å². The molecular weight excluding hydrogens is 335 g/mol. The number of hydrogen-bond acceptors (Lipinski definition) is 4. The summed E-state index contributed by atoms with van der Waals surface area (Å²) >= 11 is 0. The Bertz CT molecular complexity index is 497. The minimum Gasteiger partial charge on any atom is -0.397 e. The largest absolute Gasteiger partial charge is 0.397 e. The van der Waals surface area contributed by atoms with Gasteiger partial charge in [-0.25, -0.2) is 0 Å². The van der Waals surface area contributed by atoms with Gasteiger partial charge in [0.25, 0.3) is 0 Å². The van der Waals surface area contributed by atoms with Crippen LogP contribution >= 0.6 is 24.8 Å². The Labute approximate surface area is 150 Å². The summed E-state index contributed by atoms with van der Waals surface area (Å²) in [6.45, 7) is 0. The number of nitrogens with zero attached hydrogens (tertiary/aromatic N) is 2. The highest BCUT2D eigenvalue weighted by Gasteiger charge is 2.36. The van der Waals surface area contributed by atoms with Gasteiger partial charge in [0.1, 0.15) is 0 Å². The van der Waals surface area contributed by atoms with Gasteiger partial charge in [0.2, 0.25) is 5.91 Å². The van der Waals surface area contributed by atoms with Crippen molar-refractivity contribution >= 4 is 36.4 Å². The summed E-state index contributed by atoms with van der Waals surface area (Å²) in [5, 5.41) is 3.19. The molecule has 2 unspecified atom stereocenters. The molecule has 0 radical (unpaired) electrons. The van der Waals surface area contributed by atoms with E-state index in [-0.39, 0.29) is 30.7 Å². The van der Waals surface area contributed by atoms with Crippen LogP contribution in [0.2, 0.25) is 0 Å². The number of nitrogens with two attached hydrogens (primary N) is 1. The third-order valence-electron chi connectivity index (χ3n) is 4.89. The fraction of sp³-hybridized carbons (Fsp3) is 0.625. The normalized spacial score (nSPS) is 26.6. The van der Waals surface area contributed by atoms with Crippen molar-refractivity contribution in [1.29, 1.82) is 0 Å². The molecule has 130 valence electrons. The number of amides is 1. The number of nitrogens with one attached hydrogen (secondary N) is 1. The molecule has 1 aromatic rings. The fourth-order valence-corrected chi connectivity index (χ4v) is 3.72. The average Bonchev–Trinajstić information content (AvgIpc) is 2.42. The minimum atomic E-state index is 0. The first-order valence-corrected chi connectivity index (χ1v) is 7.83. The SMILES string of the molecule is CN1C2CCCC1CC(NC(=O)Cc1ccc(N)cn1)C2.Cl.Cl. The second-order valence-electron chi connectivity index (χ2n) is 6.40. The molecular formula is C16H26Cl2N4O. The summed E-state index contributed by atoms with van der Waals surface area (Å²) in [7, 11) is 2.23. The Morgan fingerprint density at radius 2 is 1.96 bits per heavy atom. The van der Waals surface area contributed by atoms with Gasteiger partial charge < -0.3 is 16.0 Å². The molecule has 3 heterocycles. The third kappa shape index (κ3) is 4.96. The molecule has 2 bridgehead atoms. The molecule has 7 heteroatoms. The molecule has 0 saturated carbocycles. The van der Waals surface area contributed by atoms with Gasteiger partial charge in [0.05, 0.1) is 18.3 Å². The number of aromatic nitrogens is 1. The van der Waals surface area contributed by atoms with E-state index in [0.717, 1.165) is 18.5 Å². The molecule has 5 nitrogen and oxygen atoms in total. The number of fused-ring (bicyclic) bond motifs is 2. The lowest BCUT2D eigenvalue weighted by atomic mass is 9.82. The Morgan fingerprint density at radius 3 is 2.52 bits per heavy atom. The number of carbonyl (C=O) groups excluding carboxylic acids is 1. The predicted molar refractivity (Wildman–Crippen MR) is 97.2 cm³/mol. The molecule has 2 saturated heterocycles. The smallest absolute Gasteiger partial charge is 0.226 e. The van der Waals surface area contributed by atoms with Crippen molar-refractivity contribution in [3.63, 3.8) is 0 Å². The number of pyridine rings is 1. The molecule has 3 N–H and O–H groups in total. The van der Waals surface area contributed by atoms with E-state index in [0.29, 0.717) is 30.2 Å². The highest BCUT2D eigenvalue weighted by Crippen LogP contribution is 2.32. The van der Waals surface area contributed by atoms with Gasteiger partial charge in [-0.2, -0.15) is 0 Å². The number of carbonyl (C=O) groups is 1. The summed E-state index contributed by atoms with van der Waals surface area (Å²) in [5.74, 6) is 0.0693. The zero-order valence-corrected chi connectivity index (χ0v) is 15.0. The maximum atomic E-state index is 12.2. The molecule has 2 fully saturated rings. The van der Waals surface area contributed by atoms with Crippen molar-refractivity contribution in [3.05, 3.63) is 24.0 Å². The molecule has 0 spiro atoms. The van der Waals surface area contributed by atoms with Gasteiger partial charge in [-0.1, -0.05) is 6.42 Å². The summed E-state index contributed by atoms with van der Waals surface area (Å²) < 4.78 is 0. The van der Waals surface area contributed by atoms with Crippen LogP contribution in [0.3, 0.4) is 0 Å². The number of piperidine rings is 2. The van der Waals surface area contributed by atoms with Crippen molar-refractivity contribution in [2.75, 3.05) is 12.8 Å². The van der Waals surface area contributed by atoms with E-state index < -0.39 is 0 Å². The van der Waals surface area contributed by atoms with Crippen LogP contribution in [0.4, 0.5) is 5.69 Å². The van der Waals surface area contributed by atoms with Crippen molar-refractivity contribution in [1.82, 2.24) is 15.2 Å². The van der Waals surface area contributed by atoms with Crippen molar-refractivity contribution in [2.45, 2.75) is 56.7 Å². The topological polar surface area (TPSA) is 71.2 Å². The number of anilines is 1. The lowest BCUT2D eigenvalue weighted by Gasteiger charge is -2.47. The summed E-state index contributed by atoms with van der Waals surface area (Å²) in [6.07, 6.45) is 7.94. The maximum absolute atomic E-state index is 12.2. The zero-order valence-electron chi connectivity index (χ0n) is 13.4. The van der Waals surface area contributed by atoms with E-state index in [9.17, 15) is 4.79 Å². The first kappa shape index (κ1) is 20.0. The third-order valence-corrected chi connectivity index (χ3v) is 4.89. The molecule has 2 aliphatic rings. The van der Waals surface area contributed by atoms with Crippen LogP contribution in [0.15, 0.2) is 18.3 Å². The van der Waals surface area contributed by atoms with Crippen LogP contribution in [-0.4, -0.2) is 41.0 Å². The number of halogens is 2. The first-order chi connectivity index (χ1) is 10.1. The summed E-state index contributed by atoms with van der Waals surface area (Å²) in [4.78, 5) is 18.9. The van der Waals surface area contributed by atoms with E-state index in [4.69, 9.17) is 5.73 Å². The molecule has 2 atom stereocenters. The van der Waals surface area contributed by atoms with Gasteiger partial charge >= 0.3 is 0 Å². The lowest BCUT2D eigenvalue weighted by molar-refractivity contribution is -0.122. The summed E-state index contributed by atoms with van der Waals surface area (Å²) in [6, 6.07) is 5.20. The van der Waals surface area contributed by atoms with Crippen molar-refractivity contribution < 1.29 is 4.79 Å². The van der Waals surface area contributed by atoms with Gasteiger partial charge in [-0.05, 0) is 44.9 Å². The number of rotatable bonds is 3. The van der Waals surface area contributed by atoms with Crippen LogP contribution in [0.25, 0.3) is 0 Å². The number of hydrogen-bond donors (Lipinski definition) is 2. The van der Waals surface area contributed by atoms with Gasteiger partial charge in [-0.3, -0.25) is 9.78 Å². The predicted octanol–water partition coefficient (Wildman–Crippen LogP) is 2.18. The van der Waals surface area contributed by atoms with E-state index >= 15 is 0 Å². The fourth-order valence-electron chi connectivity index (χ4n) is 3.72. The molecule has 1 aromatic heterocycles. The zero-order chi connectivity index (χ0) is 14.8. The number of nitrogen functional groups attached to an aromatic ring is 1. The molecule has 2 aliphatic heterocycles. The minimum absolute atomic E-state index is 0. The van der Waals surface area contributed by atoms with E-state index in [2.05, 4.69) is 22.2 Å². The van der Waals surface area contributed by atoms with E-state index in [1.807, 2.05) is 6.07 Å². The Kier molecular flexibility index (Phi) is 7.58. The highest BCUT2D eigenvalue weighted by atomic mass is 35.5. The van der Waals surface area contributed by atoms with Gasteiger partial charge in [0.15, 0.2) is 0 Å². The molecule has 0 aromatic carbocycles. The lowest BCUT2D eigenvalue weighted by Crippen LogP contribution is -2.55. The second kappa shape index (κ2) is 8.71. The van der Waals surface area contributed by atoms with Gasteiger partial charge in [0, 0.05) is 23.8 Å². The molecule has 1 amide bonds. The van der Waals surface area contributed by atoms with Crippen LogP contribution in [0.5, 0.6) is 0 Å². The van der Waals surface area contributed by atoms with Crippen LogP contribution in [-0.2, 0) is 11.2 Å². The average molecular weight is 361 g/mol. The van der Waals surface area contributed by atoms with Crippen LogP contribution in [0, 0.1) is 0 Å². The molecule has 0 aliphatic carbocycles. The standard InChI is InChI=1S/C16H24N4O.2ClH/c1-20-14-3-2-4-15(20)8-13(7-14)19-16(21)9-12-6-5-11(17)10-18-12;;/h5-6,10,13-15H,2-4,7-9,17H2,1H3,(H,19,21);2*1H.